The lowest BCUT2D eigenvalue weighted by Crippen LogP contribution is -2.39. The topological polar surface area (TPSA) is 65.1 Å². The van der Waals surface area contributed by atoms with Gasteiger partial charge in [0.25, 0.3) is 0 Å². The van der Waals surface area contributed by atoms with Crippen LogP contribution in [-0.4, -0.2) is 34.9 Å². The number of carbonyl (C=O) groups excluding carboxylic acids is 2. The molecule has 6 heteroatoms. The highest BCUT2D eigenvalue weighted by atomic mass is 16.7. The second-order valence-electron chi connectivity index (χ2n) is 9.25. The number of allylic oxidation sites excluding steroid dienone is 1. The third-order valence-electron chi connectivity index (χ3n) is 4.23. The molecule has 1 unspecified atom stereocenters. The Morgan fingerprint density at radius 2 is 1.54 bits per heavy atom. The molecule has 1 aromatic carbocycles. The Morgan fingerprint density at radius 1 is 0.964 bits per heavy atom. The molecule has 1 aromatic rings. The van der Waals surface area contributed by atoms with Gasteiger partial charge in [0.2, 0.25) is 0 Å². The zero-order valence-electron chi connectivity index (χ0n) is 17.9. The minimum Gasteiger partial charge on any atom is -0.443 e. The van der Waals surface area contributed by atoms with Crippen molar-refractivity contribution in [2.24, 2.45) is 0 Å². The van der Waals surface area contributed by atoms with Gasteiger partial charge in [-0.1, -0.05) is 25.1 Å². The normalized spacial score (nSPS) is 19.9. The third kappa shape index (κ3) is 6.29. The van der Waals surface area contributed by atoms with Gasteiger partial charge in [0, 0.05) is 18.2 Å². The van der Waals surface area contributed by atoms with Gasteiger partial charge in [-0.25, -0.2) is 9.59 Å². The zero-order chi connectivity index (χ0) is 21.2. The van der Waals surface area contributed by atoms with Crippen LogP contribution in [0.3, 0.4) is 0 Å². The number of benzene rings is 1. The first-order chi connectivity index (χ1) is 12.8. The second kappa shape index (κ2) is 7.86. The first kappa shape index (κ1) is 21.8. The standard InChI is InChI=1S/C22H31NO5/c1-20(2,3)27-18(24)23-14-12-22(7,13-15-23)16-8-10-17(11-9-16)26-19(25)28-21(4,5)6/h8-12,14H,13,15H2,1-7H3. The Balaban J connectivity index is 2.03. The van der Waals surface area contributed by atoms with Crippen LogP contribution in [0.5, 0.6) is 5.75 Å². The van der Waals surface area contributed by atoms with Crippen LogP contribution in [0.25, 0.3) is 0 Å². The summed E-state index contributed by atoms with van der Waals surface area (Å²) in [6.45, 7) is 13.6. The van der Waals surface area contributed by atoms with Crippen molar-refractivity contribution >= 4 is 12.2 Å². The van der Waals surface area contributed by atoms with Gasteiger partial charge in [0.1, 0.15) is 17.0 Å². The second-order valence-corrected chi connectivity index (χ2v) is 9.25. The van der Waals surface area contributed by atoms with Crippen LogP contribution in [0.1, 0.15) is 60.5 Å². The van der Waals surface area contributed by atoms with E-state index in [1.54, 1.807) is 44.0 Å². The van der Waals surface area contributed by atoms with Gasteiger partial charge in [-0.05, 0) is 65.7 Å². The fraction of sp³-hybridized carbons (Fsp3) is 0.545. The molecule has 0 N–H and O–H groups in total. The van der Waals surface area contributed by atoms with Gasteiger partial charge in [-0.15, -0.1) is 0 Å². The van der Waals surface area contributed by atoms with Crippen molar-refractivity contribution in [1.29, 1.82) is 0 Å². The van der Waals surface area contributed by atoms with Crippen LogP contribution < -0.4 is 4.74 Å². The predicted molar refractivity (Wildman–Crippen MR) is 107 cm³/mol. The highest BCUT2D eigenvalue weighted by Crippen LogP contribution is 2.34. The van der Waals surface area contributed by atoms with E-state index in [-0.39, 0.29) is 11.5 Å². The van der Waals surface area contributed by atoms with Gasteiger partial charge in [0.05, 0.1) is 0 Å². The minimum absolute atomic E-state index is 0.219. The highest BCUT2D eigenvalue weighted by Gasteiger charge is 2.31. The molecule has 0 fully saturated rings. The van der Waals surface area contributed by atoms with E-state index in [4.69, 9.17) is 14.2 Å². The number of nitrogens with zero attached hydrogens (tertiary/aromatic N) is 1. The molecule has 0 bridgehead atoms. The fourth-order valence-corrected chi connectivity index (χ4v) is 2.75. The predicted octanol–water partition coefficient (Wildman–Crippen LogP) is 5.41. The summed E-state index contributed by atoms with van der Waals surface area (Å²) in [5, 5.41) is 0. The molecular formula is C22H31NO5. The van der Waals surface area contributed by atoms with E-state index in [1.165, 1.54) is 0 Å². The molecule has 0 saturated carbocycles. The van der Waals surface area contributed by atoms with Crippen molar-refractivity contribution in [2.45, 2.75) is 71.5 Å². The van der Waals surface area contributed by atoms with Crippen molar-refractivity contribution in [1.82, 2.24) is 4.90 Å². The van der Waals surface area contributed by atoms with Gasteiger partial charge < -0.3 is 14.2 Å². The molecule has 1 heterocycles. The van der Waals surface area contributed by atoms with Crippen LogP contribution in [0, 0.1) is 0 Å². The average molecular weight is 389 g/mol. The van der Waals surface area contributed by atoms with Crippen LogP contribution in [0.2, 0.25) is 0 Å². The quantitative estimate of drug-likeness (QED) is 0.500. The van der Waals surface area contributed by atoms with E-state index >= 15 is 0 Å². The molecule has 0 aromatic heterocycles. The number of ether oxygens (including phenoxy) is 3. The average Bonchev–Trinajstić information content (AvgIpc) is 2.52. The molecular weight excluding hydrogens is 358 g/mol. The smallest absolute Gasteiger partial charge is 0.443 e. The van der Waals surface area contributed by atoms with E-state index in [0.29, 0.717) is 12.3 Å². The fourth-order valence-electron chi connectivity index (χ4n) is 2.75. The lowest BCUT2D eigenvalue weighted by Gasteiger charge is -2.35. The maximum Gasteiger partial charge on any atom is 0.514 e. The van der Waals surface area contributed by atoms with Gasteiger partial charge in [-0.2, -0.15) is 0 Å². The molecule has 6 nitrogen and oxygen atoms in total. The number of hydrogen-bond acceptors (Lipinski definition) is 5. The molecule has 28 heavy (non-hydrogen) atoms. The van der Waals surface area contributed by atoms with E-state index < -0.39 is 17.4 Å². The highest BCUT2D eigenvalue weighted by molar-refractivity contribution is 5.69. The molecule has 1 amide bonds. The maximum atomic E-state index is 12.2. The lowest BCUT2D eigenvalue weighted by molar-refractivity contribution is 0.0205. The van der Waals surface area contributed by atoms with Gasteiger partial charge in [0.15, 0.2) is 0 Å². The number of amides is 1. The first-order valence-electron chi connectivity index (χ1n) is 9.48. The molecule has 0 saturated heterocycles. The molecule has 0 aliphatic carbocycles. The number of rotatable bonds is 2. The summed E-state index contributed by atoms with van der Waals surface area (Å²) in [6.07, 6.45) is 3.48. The number of carbonyl (C=O) groups is 2. The molecule has 0 radical (unpaired) electrons. The van der Waals surface area contributed by atoms with Crippen molar-refractivity contribution in [3.05, 3.63) is 42.1 Å². The number of hydrogen-bond donors (Lipinski definition) is 0. The first-order valence-corrected chi connectivity index (χ1v) is 9.48. The summed E-state index contributed by atoms with van der Waals surface area (Å²) >= 11 is 0. The van der Waals surface area contributed by atoms with Crippen LogP contribution in [-0.2, 0) is 14.9 Å². The van der Waals surface area contributed by atoms with Crippen LogP contribution in [0.4, 0.5) is 9.59 Å². The maximum absolute atomic E-state index is 12.2. The van der Waals surface area contributed by atoms with Gasteiger partial charge in [-0.3, -0.25) is 4.90 Å². The minimum atomic E-state index is -0.725. The summed E-state index contributed by atoms with van der Waals surface area (Å²) in [4.78, 5) is 25.6. The molecule has 154 valence electrons. The monoisotopic (exact) mass is 389 g/mol. The molecule has 0 spiro atoms. The summed E-state index contributed by atoms with van der Waals surface area (Å²) < 4.78 is 15.8. The largest absolute Gasteiger partial charge is 0.514 e. The summed E-state index contributed by atoms with van der Waals surface area (Å²) in [6, 6.07) is 7.34. The van der Waals surface area contributed by atoms with E-state index in [0.717, 1.165) is 12.0 Å². The Hall–Kier alpha value is -2.50. The van der Waals surface area contributed by atoms with E-state index in [2.05, 4.69) is 6.92 Å². The Morgan fingerprint density at radius 3 is 2.00 bits per heavy atom. The molecule has 2 rings (SSSR count). The summed E-state index contributed by atoms with van der Waals surface area (Å²) in [5.74, 6) is 0.428. The lowest BCUT2D eigenvalue weighted by atomic mass is 9.78. The van der Waals surface area contributed by atoms with E-state index in [1.807, 2.05) is 39.0 Å². The molecule has 1 aliphatic rings. The van der Waals surface area contributed by atoms with Crippen molar-refractivity contribution in [2.75, 3.05) is 6.54 Å². The molecule has 1 atom stereocenters. The molecule has 1 aliphatic heterocycles. The Bertz CT molecular complexity index is 740. The van der Waals surface area contributed by atoms with Gasteiger partial charge >= 0.3 is 12.2 Å². The summed E-state index contributed by atoms with van der Waals surface area (Å²) in [7, 11) is 0. The third-order valence-corrected chi connectivity index (χ3v) is 4.23. The summed E-state index contributed by atoms with van der Waals surface area (Å²) in [5.41, 5.74) is -0.264. The van der Waals surface area contributed by atoms with E-state index in [9.17, 15) is 9.59 Å². The van der Waals surface area contributed by atoms with Crippen LogP contribution >= 0.6 is 0 Å². The van der Waals surface area contributed by atoms with Crippen molar-refractivity contribution < 1.29 is 23.8 Å². The Labute approximate surface area is 167 Å². The van der Waals surface area contributed by atoms with Crippen LogP contribution in [0.15, 0.2) is 36.5 Å². The van der Waals surface area contributed by atoms with Crippen molar-refractivity contribution in [3.8, 4) is 5.75 Å². The SMILES string of the molecule is CC(C)(C)OC(=O)Oc1ccc(C2(C)C=CN(C(=O)OC(C)(C)C)CC2)cc1. The Kier molecular flexibility index (Phi) is 6.12. The van der Waals surface area contributed by atoms with Crippen molar-refractivity contribution in [3.63, 3.8) is 0 Å². The zero-order valence-corrected chi connectivity index (χ0v) is 17.9.